The van der Waals surface area contributed by atoms with Crippen LogP contribution in [-0.2, 0) is 30.5 Å². The minimum absolute atomic E-state index is 0.0338. The zero-order chi connectivity index (χ0) is 24.8. The predicted molar refractivity (Wildman–Crippen MR) is 103 cm³/mol. The molecule has 178 valence electrons. The molecule has 1 unspecified atom stereocenters. The molecule has 0 saturated heterocycles. The highest BCUT2D eigenvalue weighted by Crippen LogP contribution is 2.51. The fourth-order valence-electron chi connectivity index (χ4n) is 3.16. The van der Waals surface area contributed by atoms with Crippen LogP contribution in [0.4, 0.5) is 28.0 Å². The molecule has 0 aliphatic carbocycles. The average Bonchev–Trinajstić information content (AvgIpc) is 2.94. The Balaban J connectivity index is 2.16. The SMILES string of the molecule is COc1ccc(Cl)cc1C1(F)C(=O)N(C(=O)OCOP(=O)(O)O)c2cc(C(F)(F)F)ccc21. The van der Waals surface area contributed by atoms with Crippen molar-refractivity contribution >= 4 is 37.1 Å². The lowest BCUT2D eigenvalue weighted by Gasteiger charge is -2.22. The molecule has 1 aliphatic heterocycles. The van der Waals surface area contributed by atoms with E-state index in [-0.39, 0.29) is 15.7 Å². The molecule has 2 aromatic rings. The highest BCUT2D eigenvalue weighted by molar-refractivity contribution is 7.46. The van der Waals surface area contributed by atoms with E-state index in [9.17, 15) is 27.3 Å². The Bertz CT molecular complexity index is 1170. The summed E-state index contributed by atoms with van der Waals surface area (Å²) in [6.45, 7) is -1.37. The molecule has 0 fully saturated rings. The number of alkyl halides is 4. The van der Waals surface area contributed by atoms with Crippen molar-refractivity contribution in [1.82, 2.24) is 0 Å². The van der Waals surface area contributed by atoms with Crippen molar-refractivity contribution in [3.63, 3.8) is 0 Å². The first-order valence-corrected chi connectivity index (χ1v) is 10.6. The van der Waals surface area contributed by atoms with Gasteiger partial charge in [0.1, 0.15) is 5.75 Å². The van der Waals surface area contributed by atoms with Gasteiger partial charge in [-0.05, 0) is 30.3 Å². The summed E-state index contributed by atoms with van der Waals surface area (Å²) in [6, 6.07) is 5.08. The molecule has 1 atom stereocenters. The van der Waals surface area contributed by atoms with Crippen molar-refractivity contribution in [2.75, 3.05) is 18.8 Å². The number of halogens is 5. The second kappa shape index (κ2) is 8.58. The van der Waals surface area contributed by atoms with E-state index in [1.807, 2.05) is 0 Å². The summed E-state index contributed by atoms with van der Waals surface area (Å²) in [7, 11) is -3.94. The minimum atomic E-state index is -5.09. The van der Waals surface area contributed by atoms with Gasteiger partial charge in [-0.25, -0.2) is 23.2 Å². The van der Waals surface area contributed by atoms with Crippen LogP contribution in [0.15, 0.2) is 36.4 Å². The zero-order valence-corrected chi connectivity index (χ0v) is 17.9. The molecule has 9 nitrogen and oxygen atoms in total. The van der Waals surface area contributed by atoms with Crippen LogP contribution in [0.2, 0.25) is 5.02 Å². The number of carbonyl (C=O) groups is 2. The van der Waals surface area contributed by atoms with E-state index in [0.29, 0.717) is 18.2 Å². The van der Waals surface area contributed by atoms with E-state index < -0.39 is 60.8 Å². The third-order valence-electron chi connectivity index (χ3n) is 4.55. The Morgan fingerprint density at radius 2 is 1.85 bits per heavy atom. The molecule has 0 radical (unpaired) electrons. The summed E-state index contributed by atoms with van der Waals surface area (Å²) in [5, 5.41) is -0.0415. The number of nitrogens with zero attached hydrogens (tertiary/aromatic N) is 1. The van der Waals surface area contributed by atoms with E-state index in [2.05, 4.69) is 9.26 Å². The molecular formula is C18H13ClF4NO8P. The van der Waals surface area contributed by atoms with Crippen molar-refractivity contribution in [2.45, 2.75) is 11.8 Å². The molecule has 0 aromatic heterocycles. The number of phosphoric acid groups is 1. The molecule has 15 heteroatoms. The number of imide groups is 1. The quantitative estimate of drug-likeness (QED) is 0.348. The fourth-order valence-corrected chi connectivity index (χ4v) is 3.53. The first-order chi connectivity index (χ1) is 15.2. The number of benzene rings is 2. The molecule has 2 N–H and O–H groups in total. The van der Waals surface area contributed by atoms with Crippen molar-refractivity contribution in [2.24, 2.45) is 0 Å². The van der Waals surface area contributed by atoms with Gasteiger partial charge < -0.3 is 19.3 Å². The van der Waals surface area contributed by atoms with Crippen molar-refractivity contribution in [1.29, 1.82) is 0 Å². The Morgan fingerprint density at radius 1 is 1.18 bits per heavy atom. The maximum atomic E-state index is 16.4. The van der Waals surface area contributed by atoms with E-state index >= 15 is 4.39 Å². The van der Waals surface area contributed by atoms with Gasteiger partial charge in [-0.15, -0.1) is 0 Å². The molecule has 1 heterocycles. The van der Waals surface area contributed by atoms with E-state index in [1.165, 1.54) is 12.1 Å². The number of methoxy groups -OCH3 is 1. The number of carbonyl (C=O) groups excluding carboxylic acids is 2. The van der Waals surface area contributed by atoms with Crippen LogP contribution in [0, 0.1) is 0 Å². The van der Waals surface area contributed by atoms with Gasteiger partial charge in [-0.2, -0.15) is 13.2 Å². The second-order valence-electron chi connectivity index (χ2n) is 6.52. The molecule has 33 heavy (non-hydrogen) atoms. The highest BCUT2D eigenvalue weighted by atomic mass is 35.5. The lowest BCUT2D eigenvalue weighted by molar-refractivity contribution is -0.137. The van der Waals surface area contributed by atoms with Crippen molar-refractivity contribution in [3.8, 4) is 5.75 Å². The molecule has 0 saturated carbocycles. The van der Waals surface area contributed by atoms with Crippen LogP contribution >= 0.6 is 19.4 Å². The number of phosphoric ester groups is 1. The van der Waals surface area contributed by atoms with E-state index in [4.69, 9.17) is 26.1 Å². The molecule has 2 aromatic carbocycles. The van der Waals surface area contributed by atoms with Crippen LogP contribution in [0.25, 0.3) is 0 Å². The maximum absolute atomic E-state index is 16.4. The normalized spacial score (nSPS) is 18.3. The van der Waals surface area contributed by atoms with Crippen LogP contribution < -0.4 is 9.64 Å². The van der Waals surface area contributed by atoms with Gasteiger partial charge in [-0.3, -0.25) is 4.79 Å². The van der Waals surface area contributed by atoms with Gasteiger partial charge in [0.15, 0.2) is 0 Å². The number of rotatable bonds is 5. The standard InChI is InChI=1S/C18H13ClF4NO8P/c1-30-14-5-3-10(19)7-12(14)17(20)11-4-2-9(18(21,22)23)6-13(11)24(15(17)25)16(26)31-8-32-33(27,28)29/h2-7H,8H2,1H3,(H2,27,28,29). The third-order valence-corrected chi connectivity index (χ3v) is 5.23. The fraction of sp³-hybridized carbons (Fsp3) is 0.222. The zero-order valence-electron chi connectivity index (χ0n) is 16.3. The van der Waals surface area contributed by atoms with Gasteiger partial charge in [0.25, 0.3) is 5.91 Å². The molecule has 2 amide bonds. The maximum Gasteiger partial charge on any atom is 0.472 e. The lowest BCUT2D eigenvalue weighted by Crippen LogP contribution is -2.42. The summed E-state index contributed by atoms with van der Waals surface area (Å²) in [4.78, 5) is 42.8. The summed E-state index contributed by atoms with van der Waals surface area (Å²) < 4.78 is 80.3. The summed E-state index contributed by atoms with van der Waals surface area (Å²) >= 11 is 5.91. The van der Waals surface area contributed by atoms with Crippen LogP contribution in [0.3, 0.4) is 0 Å². The molecular weight excluding hydrogens is 501 g/mol. The van der Waals surface area contributed by atoms with Crippen molar-refractivity contribution in [3.05, 3.63) is 58.1 Å². The number of fused-ring (bicyclic) bond motifs is 1. The van der Waals surface area contributed by atoms with Gasteiger partial charge in [0, 0.05) is 16.1 Å². The first kappa shape index (κ1) is 24.9. The minimum Gasteiger partial charge on any atom is -0.496 e. The number of amides is 2. The number of hydrogen-bond donors (Lipinski definition) is 2. The third kappa shape index (κ3) is 4.68. The van der Waals surface area contributed by atoms with E-state index in [0.717, 1.165) is 13.2 Å². The Kier molecular flexibility index (Phi) is 6.48. The van der Waals surface area contributed by atoms with Crippen molar-refractivity contribution < 1.29 is 55.5 Å². The predicted octanol–water partition coefficient (Wildman–Crippen LogP) is 4.13. The Hall–Kier alpha value is -2.70. The van der Waals surface area contributed by atoms with Gasteiger partial charge in [0.05, 0.1) is 18.4 Å². The van der Waals surface area contributed by atoms with Crippen LogP contribution in [-0.4, -0.2) is 35.7 Å². The largest absolute Gasteiger partial charge is 0.496 e. The topological polar surface area (TPSA) is 123 Å². The van der Waals surface area contributed by atoms with E-state index in [1.54, 1.807) is 0 Å². The van der Waals surface area contributed by atoms with Crippen LogP contribution in [0.1, 0.15) is 16.7 Å². The molecule has 1 aliphatic rings. The molecule has 0 spiro atoms. The number of anilines is 1. The Labute approximate surface area is 187 Å². The highest BCUT2D eigenvalue weighted by Gasteiger charge is 2.57. The summed E-state index contributed by atoms with van der Waals surface area (Å²) in [5.74, 6) is -1.86. The number of hydrogen-bond acceptors (Lipinski definition) is 6. The second-order valence-corrected chi connectivity index (χ2v) is 8.20. The van der Waals surface area contributed by atoms with Gasteiger partial charge >= 0.3 is 20.1 Å². The molecule has 3 rings (SSSR count). The first-order valence-electron chi connectivity index (χ1n) is 8.66. The molecule has 0 bridgehead atoms. The summed E-state index contributed by atoms with van der Waals surface area (Å²) in [6.07, 6.45) is -6.65. The van der Waals surface area contributed by atoms with Crippen LogP contribution in [0.5, 0.6) is 5.75 Å². The monoisotopic (exact) mass is 513 g/mol. The van der Waals surface area contributed by atoms with Gasteiger partial charge in [0.2, 0.25) is 12.5 Å². The van der Waals surface area contributed by atoms with Gasteiger partial charge in [-0.1, -0.05) is 17.7 Å². The average molecular weight is 514 g/mol. The number of ether oxygens (including phenoxy) is 2. The smallest absolute Gasteiger partial charge is 0.472 e. The Morgan fingerprint density at radius 3 is 2.42 bits per heavy atom. The summed E-state index contributed by atoms with van der Waals surface area (Å²) in [5.41, 5.74) is -6.47. The lowest BCUT2D eigenvalue weighted by atomic mass is 9.88.